The predicted octanol–water partition coefficient (Wildman–Crippen LogP) is 3.58. The second kappa shape index (κ2) is 7.95. The number of nitro groups is 1. The van der Waals surface area contributed by atoms with Crippen molar-refractivity contribution in [3.05, 3.63) is 64.0 Å². The Bertz CT molecular complexity index is 787. The standard InChI is InChI=1S/C19H21N3O4/c1-14-7-10-21(11-8-14)18-6-5-16(22(24)25)12-17(18)19(23)26-13-15-4-2-3-9-20-15/h2-6,9,12,14H,7-8,10-11,13H2,1H3. The van der Waals surface area contributed by atoms with Gasteiger partial charge in [0.05, 0.1) is 21.9 Å². The van der Waals surface area contributed by atoms with Gasteiger partial charge < -0.3 is 9.64 Å². The van der Waals surface area contributed by atoms with Crippen molar-refractivity contribution < 1.29 is 14.5 Å². The number of nitro benzene ring substituents is 1. The van der Waals surface area contributed by atoms with Crippen molar-refractivity contribution in [3.8, 4) is 0 Å². The molecule has 0 bridgehead atoms. The van der Waals surface area contributed by atoms with Crippen LogP contribution in [0.3, 0.4) is 0 Å². The van der Waals surface area contributed by atoms with E-state index in [9.17, 15) is 14.9 Å². The average Bonchev–Trinajstić information content (AvgIpc) is 2.67. The molecule has 3 rings (SSSR count). The number of rotatable bonds is 5. The molecule has 7 nitrogen and oxygen atoms in total. The molecule has 1 aromatic carbocycles. The van der Waals surface area contributed by atoms with Crippen molar-refractivity contribution in [2.75, 3.05) is 18.0 Å². The van der Waals surface area contributed by atoms with Gasteiger partial charge in [0.1, 0.15) is 6.61 Å². The summed E-state index contributed by atoms with van der Waals surface area (Å²) in [7, 11) is 0. The number of carbonyl (C=O) groups excluding carboxylic acids is 1. The molecule has 0 aliphatic carbocycles. The third kappa shape index (κ3) is 4.17. The van der Waals surface area contributed by atoms with Crippen LogP contribution >= 0.6 is 0 Å². The van der Waals surface area contributed by atoms with Crippen molar-refractivity contribution in [2.24, 2.45) is 5.92 Å². The maximum Gasteiger partial charge on any atom is 0.340 e. The SMILES string of the molecule is CC1CCN(c2ccc([N+](=O)[O-])cc2C(=O)OCc2ccccn2)CC1. The summed E-state index contributed by atoms with van der Waals surface area (Å²) in [5, 5.41) is 11.1. The lowest BCUT2D eigenvalue weighted by Gasteiger charge is -2.33. The Morgan fingerprint density at radius 1 is 1.31 bits per heavy atom. The molecule has 7 heteroatoms. The third-order valence-electron chi connectivity index (χ3n) is 4.61. The van der Waals surface area contributed by atoms with E-state index in [-0.39, 0.29) is 17.9 Å². The first-order valence-corrected chi connectivity index (χ1v) is 8.65. The van der Waals surface area contributed by atoms with Gasteiger partial charge >= 0.3 is 5.97 Å². The molecule has 1 aliphatic heterocycles. The van der Waals surface area contributed by atoms with E-state index in [1.54, 1.807) is 24.4 Å². The maximum absolute atomic E-state index is 12.6. The first-order chi connectivity index (χ1) is 12.5. The van der Waals surface area contributed by atoms with E-state index in [1.807, 2.05) is 6.07 Å². The molecule has 1 aromatic heterocycles. The van der Waals surface area contributed by atoms with Crippen molar-refractivity contribution >= 4 is 17.3 Å². The molecule has 0 saturated carbocycles. The second-order valence-electron chi connectivity index (χ2n) is 6.53. The number of carbonyl (C=O) groups is 1. The van der Waals surface area contributed by atoms with Gasteiger partial charge in [0.15, 0.2) is 0 Å². The van der Waals surface area contributed by atoms with Crippen LogP contribution in [0.1, 0.15) is 35.8 Å². The minimum atomic E-state index is -0.576. The Morgan fingerprint density at radius 3 is 2.73 bits per heavy atom. The van der Waals surface area contributed by atoms with E-state index in [2.05, 4.69) is 16.8 Å². The monoisotopic (exact) mass is 355 g/mol. The normalized spacial score (nSPS) is 14.9. The van der Waals surface area contributed by atoms with Crippen molar-refractivity contribution in [3.63, 3.8) is 0 Å². The van der Waals surface area contributed by atoms with Crippen molar-refractivity contribution in [2.45, 2.75) is 26.4 Å². The van der Waals surface area contributed by atoms with Crippen LogP contribution in [0, 0.1) is 16.0 Å². The lowest BCUT2D eigenvalue weighted by Crippen LogP contribution is -2.34. The van der Waals surface area contributed by atoms with E-state index >= 15 is 0 Å². The molecule has 0 amide bonds. The Hall–Kier alpha value is -2.96. The summed E-state index contributed by atoms with van der Waals surface area (Å²) in [6.07, 6.45) is 3.68. The quantitative estimate of drug-likeness (QED) is 0.463. The van der Waals surface area contributed by atoms with Gasteiger partial charge in [-0.1, -0.05) is 13.0 Å². The average molecular weight is 355 g/mol. The van der Waals surface area contributed by atoms with Crippen LogP contribution in [0.5, 0.6) is 0 Å². The number of ether oxygens (including phenoxy) is 1. The number of nitrogens with zero attached hydrogens (tertiary/aromatic N) is 3. The highest BCUT2D eigenvalue weighted by atomic mass is 16.6. The molecular formula is C19H21N3O4. The summed E-state index contributed by atoms with van der Waals surface area (Å²) in [5.74, 6) is 0.0665. The van der Waals surface area contributed by atoms with E-state index in [4.69, 9.17) is 4.74 Å². The Balaban J connectivity index is 1.83. The van der Waals surface area contributed by atoms with Crippen LogP contribution in [0.2, 0.25) is 0 Å². The van der Waals surface area contributed by atoms with Crippen LogP contribution in [-0.2, 0) is 11.3 Å². The van der Waals surface area contributed by atoms with Crippen LogP contribution in [0.4, 0.5) is 11.4 Å². The summed E-state index contributed by atoms with van der Waals surface area (Å²) in [6.45, 7) is 3.87. The third-order valence-corrected chi connectivity index (χ3v) is 4.61. The molecule has 0 unspecified atom stereocenters. The zero-order chi connectivity index (χ0) is 18.5. The molecule has 0 spiro atoms. The molecule has 1 aliphatic rings. The fourth-order valence-electron chi connectivity index (χ4n) is 3.03. The zero-order valence-corrected chi connectivity index (χ0v) is 14.6. The highest BCUT2D eigenvalue weighted by Gasteiger charge is 2.24. The number of pyridine rings is 1. The zero-order valence-electron chi connectivity index (χ0n) is 14.6. The van der Waals surface area contributed by atoms with E-state index in [0.717, 1.165) is 25.9 Å². The number of non-ortho nitro benzene ring substituents is 1. The number of hydrogen-bond acceptors (Lipinski definition) is 6. The van der Waals surface area contributed by atoms with Gasteiger partial charge in [0, 0.05) is 31.4 Å². The number of benzene rings is 1. The van der Waals surface area contributed by atoms with Gasteiger partial charge in [-0.25, -0.2) is 4.79 Å². The molecule has 1 fully saturated rings. The van der Waals surface area contributed by atoms with E-state index in [0.29, 0.717) is 17.3 Å². The number of aromatic nitrogens is 1. The minimum Gasteiger partial charge on any atom is -0.456 e. The number of esters is 1. The molecule has 0 N–H and O–H groups in total. The Kier molecular flexibility index (Phi) is 5.46. The Morgan fingerprint density at radius 2 is 2.08 bits per heavy atom. The predicted molar refractivity (Wildman–Crippen MR) is 97.1 cm³/mol. The fraction of sp³-hybridized carbons (Fsp3) is 0.368. The first-order valence-electron chi connectivity index (χ1n) is 8.65. The number of anilines is 1. The van der Waals surface area contributed by atoms with E-state index in [1.165, 1.54) is 12.1 Å². The van der Waals surface area contributed by atoms with E-state index < -0.39 is 10.9 Å². The summed E-state index contributed by atoms with van der Waals surface area (Å²) in [4.78, 5) is 29.4. The van der Waals surface area contributed by atoms with Crippen molar-refractivity contribution in [1.29, 1.82) is 0 Å². The smallest absolute Gasteiger partial charge is 0.340 e. The van der Waals surface area contributed by atoms with Gasteiger partial charge in [0.25, 0.3) is 5.69 Å². The molecule has 2 heterocycles. The molecule has 1 saturated heterocycles. The second-order valence-corrected chi connectivity index (χ2v) is 6.53. The number of piperidine rings is 1. The minimum absolute atomic E-state index is 0.0266. The summed E-state index contributed by atoms with van der Waals surface area (Å²) >= 11 is 0. The lowest BCUT2D eigenvalue weighted by molar-refractivity contribution is -0.384. The molecule has 136 valence electrons. The summed E-state index contributed by atoms with van der Waals surface area (Å²) in [5.41, 5.74) is 1.42. The van der Waals surface area contributed by atoms with Crippen LogP contribution < -0.4 is 4.90 Å². The molecule has 26 heavy (non-hydrogen) atoms. The first kappa shape index (κ1) is 17.8. The molecule has 0 radical (unpaired) electrons. The van der Waals surface area contributed by atoms with Gasteiger partial charge in [0.2, 0.25) is 0 Å². The summed E-state index contributed by atoms with van der Waals surface area (Å²) < 4.78 is 5.35. The molecule has 0 atom stereocenters. The van der Waals surface area contributed by atoms with Gasteiger partial charge in [-0.15, -0.1) is 0 Å². The molecule has 2 aromatic rings. The lowest BCUT2D eigenvalue weighted by atomic mass is 9.98. The Labute approximate surface area is 151 Å². The largest absolute Gasteiger partial charge is 0.456 e. The number of hydrogen-bond donors (Lipinski definition) is 0. The van der Waals surface area contributed by atoms with Gasteiger partial charge in [-0.05, 0) is 37.0 Å². The van der Waals surface area contributed by atoms with Crippen LogP contribution in [0.25, 0.3) is 0 Å². The topological polar surface area (TPSA) is 85.6 Å². The molecular weight excluding hydrogens is 334 g/mol. The summed E-state index contributed by atoms with van der Waals surface area (Å²) in [6, 6.07) is 9.72. The van der Waals surface area contributed by atoms with Gasteiger partial charge in [-0.3, -0.25) is 15.1 Å². The highest BCUT2D eigenvalue weighted by molar-refractivity contribution is 5.96. The van der Waals surface area contributed by atoms with Crippen LogP contribution in [-0.4, -0.2) is 29.0 Å². The highest BCUT2D eigenvalue weighted by Crippen LogP contribution is 2.30. The van der Waals surface area contributed by atoms with Gasteiger partial charge in [-0.2, -0.15) is 0 Å². The maximum atomic E-state index is 12.6. The van der Waals surface area contributed by atoms with Crippen LogP contribution in [0.15, 0.2) is 42.6 Å². The fourth-order valence-corrected chi connectivity index (χ4v) is 3.03. The van der Waals surface area contributed by atoms with Crippen molar-refractivity contribution in [1.82, 2.24) is 4.98 Å².